The summed E-state index contributed by atoms with van der Waals surface area (Å²) in [4.78, 5) is 16.0. The minimum absolute atomic E-state index is 0.210. The standard InChI is InChI=1S/C14H27N3O/c1-12(18)16-8-5-9-17(11-10-16)14-7-4-2-3-6-13(14)15/h13-14H,2-11,15H2,1H3. The van der Waals surface area contributed by atoms with Crippen LogP contribution in [-0.4, -0.2) is 54.0 Å². The quantitative estimate of drug-likeness (QED) is 0.714. The molecule has 1 saturated carbocycles. The molecular formula is C14H27N3O. The number of hydrogen-bond donors (Lipinski definition) is 1. The predicted molar refractivity (Wildman–Crippen MR) is 73.3 cm³/mol. The Labute approximate surface area is 110 Å². The molecule has 104 valence electrons. The lowest BCUT2D eigenvalue weighted by molar-refractivity contribution is -0.128. The molecule has 1 amide bonds. The second kappa shape index (κ2) is 6.53. The summed E-state index contributed by atoms with van der Waals surface area (Å²) < 4.78 is 0. The Morgan fingerprint density at radius 1 is 1.00 bits per heavy atom. The van der Waals surface area contributed by atoms with E-state index in [1.54, 1.807) is 6.92 Å². The van der Waals surface area contributed by atoms with Crippen LogP contribution >= 0.6 is 0 Å². The molecule has 1 aliphatic carbocycles. The summed E-state index contributed by atoms with van der Waals surface area (Å²) in [5, 5.41) is 0. The molecule has 0 aromatic heterocycles. The lowest BCUT2D eigenvalue weighted by atomic mass is 10.0. The zero-order valence-corrected chi connectivity index (χ0v) is 11.6. The molecule has 2 unspecified atom stereocenters. The summed E-state index contributed by atoms with van der Waals surface area (Å²) in [5.74, 6) is 0.210. The third kappa shape index (κ3) is 3.45. The highest BCUT2D eigenvalue weighted by Crippen LogP contribution is 2.22. The fourth-order valence-corrected chi connectivity index (χ4v) is 3.35. The van der Waals surface area contributed by atoms with E-state index >= 15 is 0 Å². The van der Waals surface area contributed by atoms with Crippen molar-refractivity contribution in [1.29, 1.82) is 0 Å². The minimum Gasteiger partial charge on any atom is -0.342 e. The van der Waals surface area contributed by atoms with Gasteiger partial charge in [0.05, 0.1) is 0 Å². The van der Waals surface area contributed by atoms with Gasteiger partial charge in [-0.05, 0) is 19.3 Å². The summed E-state index contributed by atoms with van der Waals surface area (Å²) in [5.41, 5.74) is 6.33. The van der Waals surface area contributed by atoms with Gasteiger partial charge in [-0.25, -0.2) is 0 Å². The Bertz CT molecular complexity index is 282. The van der Waals surface area contributed by atoms with Gasteiger partial charge in [0.1, 0.15) is 0 Å². The molecule has 18 heavy (non-hydrogen) atoms. The van der Waals surface area contributed by atoms with Crippen molar-refractivity contribution in [2.45, 2.75) is 57.5 Å². The lowest BCUT2D eigenvalue weighted by Gasteiger charge is -2.33. The van der Waals surface area contributed by atoms with Crippen LogP contribution in [-0.2, 0) is 4.79 Å². The Morgan fingerprint density at radius 3 is 2.56 bits per heavy atom. The van der Waals surface area contributed by atoms with Gasteiger partial charge < -0.3 is 10.6 Å². The Morgan fingerprint density at radius 2 is 1.78 bits per heavy atom. The molecule has 0 spiro atoms. The van der Waals surface area contributed by atoms with Gasteiger partial charge in [-0.3, -0.25) is 9.69 Å². The number of rotatable bonds is 1. The highest BCUT2D eigenvalue weighted by molar-refractivity contribution is 5.73. The molecule has 2 fully saturated rings. The van der Waals surface area contributed by atoms with Crippen molar-refractivity contribution in [3.8, 4) is 0 Å². The summed E-state index contributed by atoms with van der Waals surface area (Å²) in [6, 6.07) is 0.871. The monoisotopic (exact) mass is 253 g/mol. The number of nitrogens with zero attached hydrogens (tertiary/aromatic N) is 2. The number of nitrogens with two attached hydrogens (primary N) is 1. The van der Waals surface area contributed by atoms with Gasteiger partial charge >= 0.3 is 0 Å². The van der Waals surface area contributed by atoms with Gasteiger partial charge in [0, 0.05) is 45.2 Å². The van der Waals surface area contributed by atoms with Crippen LogP contribution in [0.15, 0.2) is 0 Å². The summed E-state index contributed by atoms with van der Waals surface area (Å²) in [6.07, 6.45) is 7.41. The van der Waals surface area contributed by atoms with E-state index in [0.717, 1.165) is 39.0 Å². The van der Waals surface area contributed by atoms with Crippen LogP contribution in [0.1, 0.15) is 45.4 Å². The third-order valence-electron chi connectivity index (χ3n) is 4.48. The fraction of sp³-hybridized carbons (Fsp3) is 0.929. The molecule has 4 nitrogen and oxygen atoms in total. The van der Waals surface area contributed by atoms with Crippen molar-refractivity contribution in [3.05, 3.63) is 0 Å². The third-order valence-corrected chi connectivity index (χ3v) is 4.48. The first-order valence-corrected chi connectivity index (χ1v) is 7.43. The van der Waals surface area contributed by atoms with Crippen LogP contribution in [0.3, 0.4) is 0 Å². The number of carbonyl (C=O) groups is 1. The molecule has 2 aliphatic rings. The molecular weight excluding hydrogens is 226 g/mol. The first-order valence-electron chi connectivity index (χ1n) is 7.43. The molecule has 4 heteroatoms. The van der Waals surface area contributed by atoms with Crippen LogP contribution in [0, 0.1) is 0 Å². The van der Waals surface area contributed by atoms with Crippen LogP contribution in [0.25, 0.3) is 0 Å². The van der Waals surface area contributed by atoms with E-state index in [9.17, 15) is 4.79 Å². The molecule has 0 aromatic rings. The molecule has 2 N–H and O–H groups in total. The SMILES string of the molecule is CC(=O)N1CCCN(C2CCCCCC2N)CC1. The van der Waals surface area contributed by atoms with Gasteiger partial charge in [-0.2, -0.15) is 0 Å². The van der Waals surface area contributed by atoms with Crippen LogP contribution in [0.2, 0.25) is 0 Å². The highest BCUT2D eigenvalue weighted by Gasteiger charge is 2.28. The summed E-state index contributed by atoms with van der Waals surface area (Å²) in [6.45, 7) is 5.56. The summed E-state index contributed by atoms with van der Waals surface area (Å²) >= 11 is 0. The average Bonchev–Trinajstić information content (AvgIpc) is 2.68. The van der Waals surface area contributed by atoms with Crippen molar-refractivity contribution in [2.75, 3.05) is 26.2 Å². The molecule has 1 aliphatic heterocycles. The van der Waals surface area contributed by atoms with E-state index in [4.69, 9.17) is 5.73 Å². The van der Waals surface area contributed by atoms with Gasteiger partial charge in [0.2, 0.25) is 5.91 Å². The predicted octanol–water partition coefficient (Wildman–Crippen LogP) is 1.20. The smallest absolute Gasteiger partial charge is 0.219 e. The van der Waals surface area contributed by atoms with Gasteiger partial charge in [0.15, 0.2) is 0 Å². The number of hydrogen-bond acceptors (Lipinski definition) is 3. The van der Waals surface area contributed by atoms with E-state index in [-0.39, 0.29) is 5.91 Å². The topological polar surface area (TPSA) is 49.6 Å². The van der Waals surface area contributed by atoms with Crippen LogP contribution in [0.5, 0.6) is 0 Å². The summed E-state index contributed by atoms with van der Waals surface area (Å²) in [7, 11) is 0. The molecule has 1 saturated heterocycles. The van der Waals surface area contributed by atoms with Crippen molar-refractivity contribution in [2.24, 2.45) is 5.73 Å². The Balaban J connectivity index is 1.93. The Hall–Kier alpha value is -0.610. The zero-order chi connectivity index (χ0) is 13.0. The maximum Gasteiger partial charge on any atom is 0.219 e. The number of amides is 1. The van der Waals surface area contributed by atoms with E-state index in [0.29, 0.717) is 12.1 Å². The minimum atomic E-state index is 0.210. The Kier molecular flexibility index (Phi) is 5.01. The van der Waals surface area contributed by atoms with Crippen molar-refractivity contribution in [1.82, 2.24) is 9.80 Å². The van der Waals surface area contributed by atoms with Gasteiger partial charge in [-0.1, -0.05) is 19.3 Å². The first-order chi connectivity index (χ1) is 8.68. The van der Waals surface area contributed by atoms with E-state index in [2.05, 4.69) is 4.90 Å². The van der Waals surface area contributed by atoms with Crippen LogP contribution < -0.4 is 5.73 Å². The largest absolute Gasteiger partial charge is 0.342 e. The lowest BCUT2D eigenvalue weighted by Crippen LogP contribution is -2.48. The van der Waals surface area contributed by atoms with E-state index in [1.165, 1.54) is 25.7 Å². The molecule has 2 rings (SSSR count). The molecule has 2 atom stereocenters. The van der Waals surface area contributed by atoms with Crippen LogP contribution in [0.4, 0.5) is 0 Å². The second-order valence-electron chi connectivity index (χ2n) is 5.76. The molecule has 1 heterocycles. The maximum absolute atomic E-state index is 11.4. The first kappa shape index (κ1) is 13.8. The van der Waals surface area contributed by atoms with Crippen molar-refractivity contribution in [3.63, 3.8) is 0 Å². The molecule has 0 aromatic carbocycles. The normalized spacial score (nSPS) is 31.8. The second-order valence-corrected chi connectivity index (χ2v) is 5.76. The van der Waals surface area contributed by atoms with Crippen molar-refractivity contribution >= 4 is 5.91 Å². The molecule has 0 bridgehead atoms. The fourth-order valence-electron chi connectivity index (χ4n) is 3.35. The van der Waals surface area contributed by atoms with Gasteiger partial charge in [0.25, 0.3) is 0 Å². The highest BCUT2D eigenvalue weighted by atomic mass is 16.2. The van der Waals surface area contributed by atoms with E-state index in [1.807, 2.05) is 4.90 Å². The zero-order valence-electron chi connectivity index (χ0n) is 11.6. The number of carbonyl (C=O) groups excluding carboxylic acids is 1. The van der Waals surface area contributed by atoms with E-state index < -0.39 is 0 Å². The average molecular weight is 253 g/mol. The van der Waals surface area contributed by atoms with Crippen molar-refractivity contribution < 1.29 is 4.79 Å². The molecule has 0 radical (unpaired) electrons. The maximum atomic E-state index is 11.4. The van der Waals surface area contributed by atoms with Gasteiger partial charge in [-0.15, -0.1) is 0 Å².